The third-order valence-electron chi connectivity index (χ3n) is 7.29. The maximum atomic E-state index is 13.6. The first-order chi connectivity index (χ1) is 21.2. The summed E-state index contributed by atoms with van der Waals surface area (Å²) >= 11 is 0. The van der Waals surface area contributed by atoms with Crippen molar-refractivity contribution in [3.63, 3.8) is 0 Å². The summed E-state index contributed by atoms with van der Waals surface area (Å²) in [6.45, 7) is 5.05. The van der Waals surface area contributed by atoms with Crippen molar-refractivity contribution >= 4 is 33.1 Å². The number of hydrogen-bond acceptors (Lipinski definition) is 10. The maximum absolute atomic E-state index is 13.6. The molecule has 226 valence electrons. The number of methoxy groups -OCH3 is 1. The standard InChI is InChI=1S/C32H33F2N9O/c1-32(2,3)18-39-29-20(15-36)16-38-28-19(14-35)10-21(11-26(28)29)40-30(27-17-43(42-41-27)22(12-33)13-34)24-6-5-7-25-23(24)8-9-37-31(25)44-4/h5-11,16-17,22,30,40-42H,12-13,18H2,1-4H3,(H,38,39)/t30-/m0/s1. The Hall–Kier alpha value is -5.20. The average molecular weight is 598 g/mol. The number of nitriles is 2. The van der Waals surface area contributed by atoms with Gasteiger partial charge < -0.3 is 20.8 Å². The first-order valence-electron chi connectivity index (χ1n) is 14.0. The number of hydrogen-bond donors (Lipinski definition) is 4. The van der Waals surface area contributed by atoms with Crippen molar-refractivity contribution in [2.24, 2.45) is 5.41 Å². The number of alkyl halides is 2. The van der Waals surface area contributed by atoms with Gasteiger partial charge in [-0.05, 0) is 40.6 Å². The Morgan fingerprint density at radius 2 is 1.80 bits per heavy atom. The van der Waals surface area contributed by atoms with Crippen molar-refractivity contribution < 1.29 is 13.5 Å². The molecule has 0 radical (unpaired) electrons. The van der Waals surface area contributed by atoms with Crippen molar-refractivity contribution in [2.75, 3.05) is 37.6 Å². The van der Waals surface area contributed by atoms with Crippen LogP contribution >= 0.6 is 0 Å². The van der Waals surface area contributed by atoms with Crippen molar-refractivity contribution in [2.45, 2.75) is 32.9 Å². The van der Waals surface area contributed by atoms with Gasteiger partial charge in [-0.25, -0.2) is 13.8 Å². The molecule has 4 N–H and O–H groups in total. The number of ether oxygens (including phenoxy) is 1. The fourth-order valence-electron chi connectivity index (χ4n) is 5.09. The maximum Gasteiger partial charge on any atom is 0.221 e. The summed E-state index contributed by atoms with van der Waals surface area (Å²) in [7, 11) is 1.55. The summed E-state index contributed by atoms with van der Waals surface area (Å²) in [5.41, 5.74) is 9.52. The number of benzene rings is 2. The Morgan fingerprint density at radius 1 is 1.02 bits per heavy atom. The first kappa shape index (κ1) is 30.3. The molecule has 0 bridgehead atoms. The second-order valence-corrected chi connectivity index (χ2v) is 11.6. The number of nitrogens with one attached hydrogen (secondary N) is 4. The van der Waals surface area contributed by atoms with Gasteiger partial charge in [0.1, 0.15) is 31.5 Å². The van der Waals surface area contributed by atoms with E-state index < -0.39 is 25.4 Å². The zero-order chi connectivity index (χ0) is 31.4. The predicted molar refractivity (Wildman–Crippen MR) is 166 cm³/mol. The van der Waals surface area contributed by atoms with Crippen LogP contribution in [0.3, 0.4) is 0 Å². The molecule has 3 heterocycles. The summed E-state index contributed by atoms with van der Waals surface area (Å²) in [5.74, 6) is 0.452. The van der Waals surface area contributed by atoms with Crippen LogP contribution in [-0.4, -0.2) is 48.0 Å². The van der Waals surface area contributed by atoms with Gasteiger partial charge in [-0.2, -0.15) is 10.5 Å². The topological polar surface area (TPSA) is 134 Å². The lowest BCUT2D eigenvalue weighted by molar-refractivity contribution is 0.139. The van der Waals surface area contributed by atoms with Crippen LogP contribution in [0, 0.1) is 28.1 Å². The number of anilines is 2. The minimum Gasteiger partial charge on any atom is -0.481 e. The molecule has 0 fully saturated rings. The van der Waals surface area contributed by atoms with E-state index >= 15 is 0 Å². The van der Waals surface area contributed by atoms with Gasteiger partial charge in [-0.1, -0.05) is 32.9 Å². The van der Waals surface area contributed by atoms with E-state index in [4.69, 9.17) is 4.74 Å². The molecule has 5 rings (SSSR count). The van der Waals surface area contributed by atoms with Crippen LogP contribution in [0.1, 0.15) is 43.5 Å². The molecule has 1 aliphatic heterocycles. The lowest BCUT2D eigenvalue weighted by atomic mass is 9.96. The molecule has 2 aromatic carbocycles. The number of fused-ring (bicyclic) bond motifs is 2. The molecule has 1 atom stereocenters. The van der Waals surface area contributed by atoms with E-state index in [1.807, 2.05) is 30.3 Å². The van der Waals surface area contributed by atoms with E-state index in [2.05, 4.69) is 64.5 Å². The zero-order valence-electron chi connectivity index (χ0n) is 24.9. The van der Waals surface area contributed by atoms with Crippen LogP contribution in [0.25, 0.3) is 21.7 Å². The summed E-state index contributed by atoms with van der Waals surface area (Å²) < 4.78 is 32.7. The van der Waals surface area contributed by atoms with Crippen LogP contribution in [0.5, 0.6) is 5.88 Å². The molecule has 2 aromatic heterocycles. The number of nitrogens with zero attached hydrogens (tertiary/aromatic N) is 5. The fourth-order valence-corrected chi connectivity index (χ4v) is 5.09. The molecule has 4 aromatic rings. The average Bonchev–Trinajstić information content (AvgIpc) is 3.51. The quantitative estimate of drug-likeness (QED) is 0.183. The van der Waals surface area contributed by atoms with Crippen LogP contribution < -0.4 is 26.3 Å². The van der Waals surface area contributed by atoms with E-state index in [1.54, 1.807) is 25.6 Å². The van der Waals surface area contributed by atoms with E-state index in [0.717, 1.165) is 16.3 Å². The van der Waals surface area contributed by atoms with Crippen molar-refractivity contribution in [3.05, 3.63) is 77.4 Å². The largest absolute Gasteiger partial charge is 0.481 e. The van der Waals surface area contributed by atoms with Gasteiger partial charge in [0.2, 0.25) is 5.88 Å². The van der Waals surface area contributed by atoms with E-state index in [1.165, 1.54) is 11.2 Å². The molecule has 0 saturated heterocycles. The predicted octanol–water partition coefficient (Wildman–Crippen LogP) is 5.62. The second kappa shape index (κ2) is 12.6. The number of pyridine rings is 2. The molecule has 0 unspecified atom stereocenters. The van der Waals surface area contributed by atoms with Crippen LogP contribution in [-0.2, 0) is 0 Å². The molecule has 0 amide bonds. The normalized spacial score (nSPS) is 13.8. The summed E-state index contributed by atoms with van der Waals surface area (Å²) in [6.07, 6.45) is 4.75. The van der Waals surface area contributed by atoms with Crippen molar-refractivity contribution in [3.8, 4) is 18.0 Å². The van der Waals surface area contributed by atoms with Crippen LogP contribution in [0.2, 0.25) is 0 Å². The van der Waals surface area contributed by atoms with Gasteiger partial charge in [0.25, 0.3) is 0 Å². The van der Waals surface area contributed by atoms with Crippen LogP contribution in [0.15, 0.2) is 60.7 Å². The minimum absolute atomic E-state index is 0.0812. The van der Waals surface area contributed by atoms with Gasteiger partial charge in [0, 0.05) is 41.6 Å². The highest BCUT2D eigenvalue weighted by molar-refractivity contribution is 5.99. The smallest absolute Gasteiger partial charge is 0.221 e. The summed E-state index contributed by atoms with van der Waals surface area (Å²) in [4.78, 5) is 8.78. The molecule has 0 aliphatic carbocycles. The highest BCUT2D eigenvalue weighted by Gasteiger charge is 2.28. The number of hydrazine groups is 2. The minimum atomic E-state index is -1.02. The highest BCUT2D eigenvalue weighted by atomic mass is 19.1. The zero-order valence-corrected chi connectivity index (χ0v) is 24.9. The number of aromatic nitrogens is 2. The first-order valence-corrected chi connectivity index (χ1v) is 14.0. The summed E-state index contributed by atoms with van der Waals surface area (Å²) in [5, 5.41) is 30.5. The fraction of sp³-hybridized carbons (Fsp3) is 0.312. The number of halogens is 2. The molecule has 1 aliphatic rings. The molecular weight excluding hydrogens is 564 g/mol. The third kappa shape index (κ3) is 5.98. The lowest BCUT2D eigenvalue weighted by Crippen LogP contribution is -2.45. The Balaban J connectivity index is 1.68. The van der Waals surface area contributed by atoms with E-state index in [-0.39, 0.29) is 5.41 Å². The molecule has 0 saturated carbocycles. The van der Waals surface area contributed by atoms with Gasteiger partial charge in [-0.3, -0.25) is 9.99 Å². The van der Waals surface area contributed by atoms with E-state index in [0.29, 0.717) is 51.5 Å². The van der Waals surface area contributed by atoms with Gasteiger partial charge in [0.05, 0.1) is 41.2 Å². The van der Waals surface area contributed by atoms with E-state index in [9.17, 15) is 19.3 Å². The Bertz CT molecular complexity index is 1800. The Morgan fingerprint density at radius 3 is 2.48 bits per heavy atom. The van der Waals surface area contributed by atoms with Crippen molar-refractivity contribution in [1.82, 2.24) is 25.9 Å². The molecule has 12 heteroatoms. The number of rotatable bonds is 10. The van der Waals surface area contributed by atoms with Gasteiger partial charge >= 0.3 is 0 Å². The molecule has 10 nitrogen and oxygen atoms in total. The third-order valence-corrected chi connectivity index (χ3v) is 7.29. The SMILES string of the molecule is COc1nccc2c([C@H](Nc3cc(C#N)c4ncc(C#N)c(NCC(C)(C)C)c4c3)C3=CN(C(CF)CF)NN3)cccc12. The lowest BCUT2D eigenvalue weighted by Gasteiger charge is -2.24. The monoisotopic (exact) mass is 597 g/mol. The molecular formula is C32H33F2N9O. The van der Waals surface area contributed by atoms with Gasteiger partial charge in [-0.15, -0.1) is 5.53 Å². The molecule has 44 heavy (non-hydrogen) atoms. The second-order valence-electron chi connectivity index (χ2n) is 11.6. The van der Waals surface area contributed by atoms with Crippen LogP contribution in [0.4, 0.5) is 20.2 Å². The Kier molecular flexibility index (Phi) is 8.65. The Labute approximate surface area is 254 Å². The summed E-state index contributed by atoms with van der Waals surface area (Å²) in [6, 6.07) is 14.0. The van der Waals surface area contributed by atoms with Gasteiger partial charge in [0.15, 0.2) is 0 Å². The van der Waals surface area contributed by atoms with Crippen molar-refractivity contribution in [1.29, 1.82) is 10.5 Å². The highest BCUT2D eigenvalue weighted by Crippen LogP contribution is 2.37. The molecule has 0 spiro atoms.